The van der Waals surface area contributed by atoms with Crippen molar-refractivity contribution in [3.05, 3.63) is 42.0 Å². The Morgan fingerprint density at radius 3 is 1.75 bits per heavy atom. The van der Waals surface area contributed by atoms with E-state index in [1.165, 1.54) is 48.9 Å². The average Bonchev–Trinajstić information content (AvgIpc) is 2.40. The van der Waals surface area contributed by atoms with Crippen molar-refractivity contribution < 1.29 is 0 Å². The summed E-state index contributed by atoms with van der Waals surface area (Å²) < 4.78 is 0. The Morgan fingerprint density at radius 2 is 1.40 bits per heavy atom. The Morgan fingerprint density at radius 1 is 0.950 bits per heavy atom. The van der Waals surface area contributed by atoms with Crippen molar-refractivity contribution in [3.63, 3.8) is 0 Å². The van der Waals surface area contributed by atoms with Gasteiger partial charge in [-0.2, -0.15) is 0 Å². The molecule has 0 N–H and O–H groups in total. The maximum atomic E-state index is 7.42. The van der Waals surface area contributed by atoms with Crippen LogP contribution < -0.4 is 0 Å². The van der Waals surface area contributed by atoms with Crippen LogP contribution >= 0.6 is 17.2 Å². The van der Waals surface area contributed by atoms with Crippen molar-refractivity contribution in [1.29, 1.82) is 0 Å². The molecule has 0 nitrogen and oxygen atoms in total. The number of hydrogen-bond donors (Lipinski definition) is 0. The summed E-state index contributed by atoms with van der Waals surface area (Å²) in [6.45, 7) is 10.6. The van der Waals surface area contributed by atoms with E-state index in [1.807, 2.05) is 6.08 Å². The Hall–Kier alpha value is -0.320. The van der Waals surface area contributed by atoms with E-state index >= 15 is 0 Å². The zero-order valence-corrected chi connectivity index (χ0v) is 15.0. The van der Waals surface area contributed by atoms with Crippen LogP contribution in [0.3, 0.4) is 0 Å². The van der Waals surface area contributed by atoms with Gasteiger partial charge >= 0.3 is 130 Å². The Labute approximate surface area is 130 Å². The number of halogens is 1. The summed E-state index contributed by atoms with van der Waals surface area (Å²) in [4.78, 5) is 0. The second-order valence-corrected chi connectivity index (χ2v) is 14.3. The summed E-state index contributed by atoms with van der Waals surface area (Å²) >= 11 is 7.42. The Bertz CT molecular complexity index is 402. The number of rotatable bonds is 9. The van der Waals surface area contributed by atoms with E-state index in [-0.39, 0.29) is 0 Å². The third kappa shape index (κ3) is 4.61. The molecule has 1 aromatic carbocycles. The molecular formula is C18H30ClP. The molecule has 0 atom stereocenters. The number of hydrogen-bond acceptors (Lipinski definition) is 0. The predicted molar refractivity (Wildman–Crippen MR) is 98.5 cm³/mol. The predicted octanol–water partition coefficient (Wildman–Crippen LogP) is 6.77. The SMILES string of the molecule is C=Cc1ccc(CP(Cl)(CCC)(CCC)CCC)cc1. The molecular weight excluding hydrogens is 283 g/mol. The second kappa shape index (κ2) is 7.62. The molecule has 114 valence electrons. The molecule has 0 radical (unpaired) electrons. The average molecular weight is 313 g/mol. The normalized spacial score (nSPS) is 13.7. The van der Waals surface area contributed by atoms with Crippen LogP contribution in [0.2, 0.25) is 0 Å². The van der Waals surface area contributed by atoms with Crippen molar-refractivity contribution in [2.24, 2.45) is 0 Å². The maximum absolute atomic E-state index is 7.42. The van der Waals surface area contributed by atoms with E-state index in [2.05, 4.69) is 51.6 Å². The summed E-state index contributed by atoms with van der Waals surface area (Å²) in [6.07, 6.45) is 10.3. The first-order valence-electron chi connectivity index (χ1n) is 7.93. The van der Waals surface area contributed by atoms with E-state index in [9.17, 15) is 0 Å². The molecule has 0 aliphatic heterocycles. The molecule has 0 bridgehead atoms. The topological polar surface area (TPSA) is 0 Å². The van der Waals surface area contributed by atoms with Crippen molar-refractivity contribution in [3.8, 4) is 0 Å². The van der Waals surface area contributed by atoms with Crippen LogP contribution in [0.5, 0.6) is 0 Å². The van der Waals surface area contributed by atoms with Gasteiger partial charge in [0.1, 0.15) is 0 Å². The summed E-state index contributed by atoms with van der Waals surface area (Å²) in [5.41, 5.74) is 2.59. The van der Waals surface area contributed by atoms with Gasteiger partial charge in [-0.05, 0) is 0 Å². The Balaban J connectivity index is 3.05. The monoisotopic (exact) mass is 312 g/mol. The molecule has 0 spiro atoms. The van der Waals surface area contributed by atoms with Crippen molar-refractivity contribution >= 4 is 23.3 Å². The van der Waals surface area contributed by atoms with Gasteiger partial charge < -0.3 is 0 Å². The van der Waals surface area contributed by atoms with Crippen LogP contribution in [-0.4, -0.2) is 18.5 Å². The van der Waals surface area contributed by atoms with Gasteiger partial charge in [-0.15, -0.1) is 0 Å². The van der Waals surface area contributed by atoms with Gasteiger partial charge in [0.25, 0.3) is 0 Å². The molecule has 1 rings (SSSR count). The fourth-order valence-electron chi connectivity index (χ4n) is 3.46. The molecule has 20 heavy (non-hydrogen) atoms. The van der Waals surface area contributed by atoms with Gasteiger partial charge in [0.05, 0.1) is 0 Å². The van der Waals surface area contributed by atoms with Crippen molar-refractivity contribution in [2.75, 3.05) is 18.5 Å². The first kappa shape index (κ1) is 17.7. The van der Waals surface area contributed by atoms with Crippen molar-refractivity contribution in [2.45, 2.75) is 46.2 Å². The molecule has 2 heteroatoms. The molecule has 0 aromatic heterocycles. The zero-order chi connectivity index (χ0) is 15.1. The molecule has 0 aliphatic rings. The number of benzene rings is 1. The fraction of sp³-hybridized carbons (Fsp3) is 0.556. The molecule has 0 saturated heterocycles. The summed E-state index contributed by atoms with van der Waals surface area (Å²) in [5.74, 6) is -2.10. The molecule has 0 amide bonds. The van der Waals surface area contributed by atoms with Gasteiger partial charge in [-0.3, -0.25) is 0 Å². The molecule has 1 aromatic rings. The van der Waals surface area contributed by atoms with Crippen LogP contribution in [0.25, 0.3) is 6.08 Å². The third-order valence-electron chi connectivity index (χ3n) is 4.14. The molecule has 0 aliphatic carbocycles. The first-order valence-corrected chi connectivity index (χ1v) is 11.8. The minimum absolute atomic E-state index is 1.10. The van der Waals surface area contributed by atoms with E-state index < -0.39 is 5.96 Å². The van der Waals surface area contributed by atoms with Gasteiger partial charge in [0.2, 0.25) is 0 Å². The third-order valence-corrected chi connectivity index (χ3v) is 11.9. The van der Waals surface area contributed by atoms with Crippen LogP contribution in [-0.2, 0) is 6.16 Å². The summed E-state index contributed by atoms with van der Waals surface area (Å²) in [5, 5.41) is 0. The minimum atomic E-state index is -2.10. The zero-order valence-electron chi connectivity index (χ0n) is 13.4. The van der Waals surface area contributed by atoms with Crippen LogP contribution in [0, 0.1) is 0 Å². The molecule has 0 fully saturated rings. The second-order valence-electron chi connectivity index (χ2n) is 6.09. The van der Waals surface area contributed by atoms with Crippen molar-refractivity contribution in [1.82, 2.24) is 0 Å². The quantitative estimate of drug-likeness (QED) is 0.441. The van der Waals surface area contributed by atoms with Gasteiger partial charge in [-0.25, -0.2) is 0 Å². The molecule has 0 heterocycles. The molecule has 0 unspecified atom stereocenters. The van der Waals surface area contributed by atoms with Gasteiger partial charge in [0.15, 0.2) is 0 Å². The van der Waals surface area contributed by atoms with E-state index in [4.69, 9.17) is 11.2 Å². The van der Waals surface area contributed by atoms with Crippen LogP contribution in [0.4, 0.5) is 0 Å². The van der Waals surface area contributed by atoms with Gasteiger partial charge in [0, 0.05) is 0 Å². The van der Waals surface area contributed by atoms with E-state index in [0.717, 1.165) is 6.16 Å². The Kier molecular flexibility index (Phi) is 6.76. The van der Waals surface area contributed by atoms with Crippen LogP contribution in [0.1, 0.15) is 51.2 Å². The summed E-state index contributed by atoms with van der Waals surface area (Å²) in [7, 11) is 0. The van der Waals surface area contributed by atoms with E-state index in [0.29, 0.717) is 0 Å². The fourth-order valence-corrected chi connectivity index (χ4v) is 11.0. The standard InChI is InChI=1S/C18H30ClP/c1-5-13-20(19,14-6-2,15-7-3)16-18-11-9-17(8-4)10-12-18/h8-12H,4-7,13-16H2,1-3H3. The van der Waals surface area contributed by atoms with Crippen LogP contribution in [0.15, 0.2) is 30.8 Å². The first-order chi connectivity index (χ1) is 9.49. The van der Waals surface area contributed by atoms with E-state index in [1.54, 1.807) is 0 Å². The summed E-state index contributed by atoms with van der Waals surface area (Å²) in [6, 6.07) is 8.79. The van der Waals surface area contributed by atoms with Gasteiger partial charge in [-0.1, -0.05) is 0 Å². The molecule has 0 saturated carbocycles.